The van der Waals surface area contributed by atoms with Gasteiger partial charge in [0.2, 0.25) is 0 Å². The Labute approximate surface area is 166 Å². The zero-order valence-electron chi connectivity index (χ0n) is 15.7. The zero-order valence-corrected chi connectivity index (χ0v) is 15.7. The fourth-order valence-electron chi connectivity index (χ4n) is 2.75. The van der Waals surface area contributed by atoms with Gasteiger partial charge in [-0.1, -0.05) is 30.3 Å². The Morgan fingerprint density at radius 2 is 1.76 bits per heavy atom. The van der Waals surface area contributed by atoms with Crippen molar-refractivity contribution in [1.29, 1.82) is 0 Å². The van der Waals surface area contributed by atoms with Crippen molar-refractivity contribution in [3.8, 4) is 5.75 Å². The number of anilines is 1. The Morgan fingerprint density at radius 3 is 2.38 bits per heavy atom. The molecule has 2 aromatic carbocycles. The Kier molecular flexibility index (Phi) is 5.45. The summed E-state index contributed by atoms with van der Waals surface area (Å²) in [6, 6.07) is 12.1. The lowest BCUT2D eigenvalue weighted by atomic mass is 10.1. The fraction of sp³-hybridized carbons (Fsp3) is 0.143. The Hall–Kier alpha value is -3.94. The summed E-state index contributed by atoms with van der Waals surface area (Å²) in [5, 5.41) is 12.9. The molecule has 0 aromatic heterocycles. The normalized spacial score (nSPS) is 16.6. The van der Waals surface area contributed by atoms with E-state index in [1.807, 2.05) is 0 Å². The number of barbiturate groups is 1. The number of rotatable bonds is 5. The molecule has 0 bridgehead atoms. The molecule has 2 aromatic rings. The van der Waals surface area contributed by atoms with E-state index in [4.69, 9.17) is 4.74 Å². The molecule has 0 aliphatic carbocycles. The highest BCUT2D eigenvalue weighted by molar-refractivity contribution is 6.39. The number of urea groups is 1. The topological polar surface area (TPSA) is 116 Å². The quantitative estimate of drug-likeness (QED) is 0.602. The summed E-state index contributed by atoms with van der Waals surface area (Å²) in [5.41, 5.74) is 1.38. The van der Waals surface area contributed by atoms with Crippen molar-refractivity contribution < 1.29 is 29.0 Å². The second-order valence-corrected chi connectivity index (χ2v) is 6.39. The highest BCUT2D eigenvalue weighted by Gasteiger charge is 2.37. The van der Waals surface area contributed by atoms with Gasteiger partial charge in [-0.05, 0) is 49.2 Å². The molecular weight excluding hydrogens is 376 g/mol. The van der Waals surface area contributed by atoms with E-state index in [0.717, 1.165) is 4.90 Å². The first-order valence-corrected chi connectivity index (χ1v) is 8.72. The summed E-state index contributed by atoms with van der Waals surface area (Å²) in [5.74, 6) is -2.59. The van der Waals surface area contributed by atoms with Crippen LogP contribution in [0.4, 0.5) is 10.5 Å². The minimum absolute atomic E-state index is 0.204. The molecule has 1 fully saturated rings. The number of ether oxygens (including phenoxy) is 1. The van der Waals surface area contributed by atoms with Crippen molar-refractivity contribution in [2.75, 3.05) is 4.90 Å². The number of nitrogens with one attached hydrogen (secondary N) is 1. The molecular formula is C21H17N2O6-. The number of amides is 4. The van der Waals surface area contributed by atoms with Crippen molar-refractivity contribution in [3.63, 3.8) is 0 Å². The van der Waals surface area contributed by atoms with Crippen molar-refractivity contribution >= 4 is 35.6 Å². The highest BCUT2D eigenvalue weighted by atomic mass is 16.5. The number of carboxylic acid groups (broad SMARTS) is 1. The number of hydrogen-bond acceptors (Lipinski definition) is 6. The maximum atomic E-state index is 12.9. The second-order valence-electron chi connectivity index (χ2n) is 6.39. The minimum Gasteiger partial charge on any atom is -0.546 e. The SMILES string of the molecule is Cc1ccccc1N1C(=O)NC(=O)/C(=C\c2ccc(O[C@H](C)C(=O)[O-])cc2)C1=O. The molecule has 0 saturated carbocycles. The van der Waals surface area contributed by atoms with E-state index in [0.29, 0.717) is 22.6 Å². The van der Waals surface area contributed by atoms with E-state index in [1.54, 1.807) is 43.3 Å². The summed E-state index contributed by atoms with van der Waals surface area (Å²) in [4.78, 5) is 49.0. The lowest BCUT2D eigenvalue weighted by Crippen LogP contribution is -2.54. The van der Waals surface area contributed by atoms with Crippen LogP contribution in [-0.4, -0.2) is 29.9 Å². The van der Waals surface area contributed by atoms with Gasteiger partial charge in [0.25, 0.3) is 11.8 Å². The van der Waals surface area contributed by atoms with Crippen molar-refractivity contribution in [2.24, 2.45) is 0 Å². The molecule has 148 valence electrons. The third kappa shape index (κ3) is 4.16. The largest absolute Gasteiger partial charge is 0.546 e. The van der Waals surface area contributed by atoms with Crippen LogP contribution in [0.2, 0.25) is 0 Å². The van der Waals surface area contributed by atoms with Crippen LogP contribution >= 0.6 is 0 Å². The average Bonchev–Trinajstić information content (AvgIpc) is 2.67. The maximum Gasteiger partial charge on any atom is 0.335 e. The second kappa shape index (κ2) is 7.97. The summed E-state index contributed by atoms with van der Waals surface area (Å²) >= 11 is 0. The Bertz CT molecular complexity index is 1030. The Balaban J connectivity index is 1.89. The first-order valence-electron chi connectivity index (χ1n) is 8.72. The van der Waals surface area contributed by atoms with Crippen LogP contribution in [-0.2, 0) is 14.4 Å². The molecule has 3 rings (SSSR count). The van der Waals surface area contributed by atoms with Gasteiger partial charge in [-0.15, -0.1) is 0 Å². The van der Waals surface area contributed by atoms with Gasteiger partial charge < -0.3 is 14.6 Å². The molecule has 1 aliphatic rings. The van der Waals surface area contributed by atoms with Crippen LogP contribution < -0.4 is 20.1 Å². The number of hydrogen-bond donors (Lipinski definition) is 1. The zero-order chi connectivity index (χ0) is 21.1. The molecule has 8 heteroatoms. The summed E-state index contributed by atoms with van der Waals surface area (Å²) in [7, 11) is 0. The summed E-state index contributed by atoms with van der Waals surface area (Å²) < 4.78 is 5.18. The van der Waals surface area contributed by atoms with E-state index in [-0.39, 0.29) is 5.57 Å². The monoisotopic (exact) mass is 393 g/mol. The molecule has 0 radical (unpaired) electrons. The number of carboxylic acids is 1. The van der Waals surface area contributed by atoms with Gasteiger partial charge in [0, 0.05) is 0 Å². The first kappa shape index (κ1) is 19.8. The van der Waals surface area contributed by atoms with Gasteiger partial charge >= 0.3 is 6.03 Å². The highest BCUT2D eigenvalue weighted by Crippen LogP contribution is 2.25. The number of imide groups is 2. The summed E-state index contributed by atoms with van der Waals surface area (Å²) in [6.45, 7) is 3.09. The number of aliphatic carboxylic acids is 1. The van der Waals surface area contributed by atoms with E-state index >= 15 is 0 Å². The van der Waals surface area contributed by atoms with E-state index in [2.05, 4.69) is 5.32 Å². The van der Waals surface area contributed by atoms with Crippen LogP contribution in [0.25, 0.3) is 6.08 Å². The smallest absolute Gasteiger partial charge is 0.335 e. The van der Waals surface area contributed by atoms with Gasteiger partial charge in [0.15, 0.2) is 0 Å². The molecule has 1 heterocycles. The average molecular weight is 393 g/mol. The standard InChI is InChI=1S/C21H18N2O6/c1-12-5-3-4-6-17(12)23-19(25)16(18(24)22-21(23)28)11-14-7-9-15(10-8-14)29-13(2)20(26)27/h3-11,13H,1-2H3,(H,26,27)(H,22,24,28)/p-1/b16-11+/t13-/m1/s1. The lowest BCUT2D eigenvalue weighted by molar-refractivity contribution is -0.312. The maximum absolute atomic E-state index is 12.9. The van der Waals surface area contributed by atoms with Crippen LogP contribution in [0.3, 0.4) is 0 Å². The number of aryl methyl sites for hydroxylation is 1. The first-order chi connectivity index (χ1) is 13.8. The molecule has 1 saturated heterocycles. The van der Waals surface area contributed by atoms with Crippen LogP contribution in [0.15, 0.2) is 54.1 Å². The molecule has 1 N–H and O–H groups in total. The van der Waals surface area contributed by atoms with E-state index < -0.39 is 29.9 Å². The Morgan fingerprint density at radius 1 is 1.10 bits per heavy atom. The third-order valence-corrected chi connectivity index (χ3v) is 4.29. The molecule has 29 heavy (non-hydrogen) atoms. The summed E-state index contributed by atoms with van der Waals surface area (Å²) in [6.07, 6.45) is 0.222. The van der Waals surface area contributed by atoms with Crippen LogP contribution in [0, 0.1) is 6.92 Å². The number of benzene rings is 2. The van der Waals surface area contributed by atoms with Gasteiger partial charge in [-0.2, -0.15) is 0 Å². The van der Waals surface area contributed by atoms with Gasteiger partial charge in [0.05, 0.1) is 11.7 Å². The van der Waals surface area contributed by atoms with Crippen molar-refractivity contribution in [1.82, 2.24) is 5.32 Å². The molecule has 1 aliphatic heterocycles. The minimum atomic E-state index is -1.35. The number of para-hydroxylation sites is 1. The van der Waals surface area contributed by atoms with Crippen molar-refractivity contribution in [2.45, 2.75) is 20.0 Å². The molecule has 0 spiro atoms. The van der Waals surface area contributed by atoms with Gasteiger partial charge in [-0.3, -0.25) is 14.9 Å². The molecule has 0 unspecified atom stereocenters. The fourth-order valence-corrected chi connectivity index (χ4v) is 2.75. The van der Waals surface area contributed by atoms with Crippen LogP contribution in [0.5, 0.6) is 5.75 Å². The predicted octanol–water partition coefficient (Wildman–Crippen LogP) is 1.18. The molecule has 8 nitrogen and oxygen atoms in total. The third-order valence-electron chi connectivity index (χ3n) is 4.29. The van der Waals surface area contributed by atoms with E-state index in [9.17, 15) is 24.3 Å². The predicted molar refractivity (Wildman–Crippen MR) is 102 cm³/mol. The number of carbonyl (C=O) groups is 4. The van der Waals surface area contributed by atoms with Crippen molar-refractivity contribution in [3.05, 3.63) is 65.2 Å². The number of nitrogens with zero attached hydrogens (tertiary/aromatic N) is 1. The lowest BCUT2D eigenvalue weighted by Gasteiger charge is -2.27. The molecule has 4 amide bonds. The van der Waals surface area contributed by atoms with Gasteiger partial charge in [0.1, 0.15) is 17.4 Å². The van der Waals surface area contributed by atoms with E-state index in [1.165, 1.54) is 25.1 Å². The van der Waals surface area contributed by atoms with Gasteiger partial charge in [-0.25, -0.2) is 9.69 Å². The molecule has 1 atom stereocenters. The number of carbonyl (C=O) groups excluding carboxylic acids is 4. The van der Waals surface area contributed by atoms with Crippen LogP contribution in [0.1, 0.15) is 18.1 Å².